The molecule has 1 aromatic rings. The molecule has 1 rings (SSSR count). The average molecular weight is 244 g/mol. The lowest BCUT2D eigenvalue weighted by atomic mass is 10.3. The molecule has 0 heterocycles. The van der Waals surface area contributed by atoms with E-state index in [-0.39, 0.29) is 4.90 Å². The van der Waals surface area contributed by atoms with Crippen molar-refractivity contribution in [2.75, 3.05) is 17.7 Å². The topological polar surface area (TPSA) is 89.3 Å². The molecule has 0 saturated carbocycles. The standard InChI is InChI=1S/C9H12N2O4S/c1-2-10-8-5-3-4-6-9(8)16(14,15)7-11(12)13/h3-6,10H,2,7H2,1H3. The zero-order valence-corrected chi connectivity index (χ0v) is 9.53. The van der Waals surface area contributed by atoms with Crippen LogP contribution in [0.5, 0.6) is 0 Å². The van der Waals surface area contributed by atoms with E-state index in [0.29, 0.717) is 12.2 Å². The molecule has 88 valence electrons. The summed E-state index contributed by atoms with van der Waals surface area (Å²) >= 11 is 0. The van der Waals surface area contributed by atoms with E-state index in [2.05, 4.69) is 5.32 Å². The molecule has 6 nitrogen and oxygen atoms in total. The van der Waals surface area contributed by atoms with Gasteiger partial charge in [-0.25, -0.2) is 8.42 Å². The second-order valence-electron chi connectivity index (χ2n) is 3.10. The normalized spacial score (nSPS) is 11.1. The zero-order chi connectivity index (χ0) is 12.2. The zero-order valence-electron chi connectivity index (χ0n) is 8.71. The van der Waals surface area contributed by atoms with Gasteiger partial charge in [-0.1, -0.05) is 12.1 Å². The van der Waals surface area contributed by atoms with Gasteiger partial charge in [0.25, 0.3) is 0 Å². The smallest absolute Gasteiger partial charge is 0.306 e. The number of benzene rings is 1. The van der Waals surface area contributed by atoms with Crippen molar-refractivity contribution < 1.29 is 13.3 Å². The first-order valence-electron chi connectivity index (χ1n) is 4.65. The Kier molecular flexibility index (Phi) is 3.83. The predicted molar refractivity (Wildman–Crippen MR) is 59.7 cm³/mol. The Morgan fingerprint density at radius 3 is 2.56 bits per heavy atom. The number of sulfone groups is 1. The number of nitro groups is 1. The number of para-hydroxylation sites is 1. The highest BCUT2D eigenvalue weighted by Gasteiger charge is 2.23. The van der Waals surface area contributed by atoms with Gasteiger partial charge >= 0.3 is 5.88 Å². The third-order valence-corrected chi connectivity index (χ3v) is 3.44. The van der Waals surface area contributed by atoms with Crippen molar-refractivity contribution in [1.29, 1.82) is 0 Å². The van der Waals surface area contributed by atoms with Crippen LogP contribution in [0.1, 0.15) is 6.92 Å². The summed E-state index contributed by atoms with van der Waals surface area (Å²) in [5.41, 5.74) is 0.395. The molecule has 0 amide bonds. The van der Waals surface area contributed by atoms with E-state index in [9.17, 15) is 18.5 Å². The SMILES string of the molecule is CCNc1ccccc1S(=O)(=O)C[N+](=O)[O-]. The van der Waals surface area contributed by atoms with Crippen LogP contribution in [-0.4, -0.2) is 25.8 Å². The predicted octanol–water partition coefficient (Wildman–Crippen LogP) is 1.13. The molecule has 0 aliphatic heterocycles. The molecule has 1 aromatic carbocycles. The van der Waals surface area contributed by atoms with Gasteiger partial charge in [-0.15, -0.1) is 0 Å². The van der Waals surface area contributed by atoms with Gasteiger partial charge in [0.2, 0.25) is 9.84 Å². The Balaban J connectivity index is 3.16. The molecule has 1 N–H and O–H groups in total. The van der Waals surface area contributed by atoms with Crippen molar-refractivity contribution >= 4 is 15.5 Å². The number of nitrogens with one attached hydrogen (secondary N) is 1. The summed E-state index contributed by atoms with van der Waals surface area (Å²) in [7, 11) is -3.87. The van der Waals surface area contributed by atoms with Crippen LogP contribution in [-0.2, 0) is 9.84 Å². The van der Waals surface area contributed by atoms with Crippen LogP contribution in [0.4, 0.5) is 5.69 Å². The van der Waals surface area contributed by atoms with Crippen LogP contribution in [0.15, 0.2) is 29.2 Å². The van der Waals surface area contributed by atoms with Gasteiger partial charge in [-0.3, -0.25) is 10.1 Å². The van der Waals surface area contributed by atoms with Crippen LogP contribution in [0.2, 0.25) is 0 Å². The summed E-state index contributed by atoms with van der Waals surface area (Å²) in [5, 5.41) is 13.1. The number of hydrogen-bond acceptors (Lipinski definition) is 5. The van der Waals surface area contributed by atoms with Crippen LogP contribution in [0.3, 0.4) is 0 Å². The molecule has 0 saturated heterocycles. The summed E-state index contributed by atoms with van der Waals surface area (Å²) in [4.78, 5) is 9.38. The van der Waals surface area contributed by atoms with Crippen molar-refractivity contribution in [2.45, 2.75) is 11.8 Å². The van der Waals surface area contributed by atoms with Gasteiger partial charge < -0.3 is 5.32 Å². The number of rotatable bonds is 5. The van der Waals surface area contributed by atoms with Crippen molar-refractivity contribution in [2.24, 2.45) is 0 Å². The molecular weight excluding hydrogens is 232 g/mol. The highest BCUT2D eigenvalue weighted by Crippen LogP contribution is 2.21. The van der Waals surface area contributed by atoms with Gasteiger partial charge in [0.1, 0.15) is 0 Å². The Bertz CT molecular complexity index is 484. The molecule has 0 aliphatic carbocycles. The monoisotopic (exact) mass is 244 g/mol. The minimum absolute atomic E-state index is 0.0337. The van der Waals surface area contributed by atoms with Crippen LogP contribution < -0.4 is 5.32 Å². The molecular formula is C9H12N2O4S. The van der Waals surface area contributed by atoms with Crippen molar-refractivity contribution in [1.82, 2.24) is 0 Å². The molecule has 0 atom stereocenters. The number of hydrogen-bond donors (Lipinski definition) is 1. The van der Waals surface area contributed by atoms with Crippen molar-refractivity contribution in [3.8, 4) is 0 Å². The third kappa shape index (κ3) is 2.93. The first-order valence-corrected chi connectivity index (χ1v) is 6.30. The fourth-order valence-electron chi connectivity index (χ4n) is 1.28. The summed E-state index contributed by atoms with van der Waals surface area (Å²) in [6.45, 7) is 2.36. The molecule has 0 radical (unpaired) electrons. The number of nitrogens with zero attached hydrogens (tertiary/aromatic N) is 1. The Morgan fingerprint density at radius 2 is 2.00 bits per heavy atom. The van der Waals surface area contributed by atoms with E-state index >= 15 is 0 Å². The highest BCUT2D eigenvalue weighted by atomic mass is 32.2. The lowest BCUT2D eigenvalue weighted by Gasteiger charge is -2.08. The van der Waals surface area contributed by atoms with Crippen LogP contribution >= 0.6 is 0 Å². The Hall–Kier alpha value is -1.63. The first kappa shape index (κ1) is 12.4. The fraction of sp³-hybridized carbons (Fsp3) is 0.333. The highest BCUT2D eigenvalue weighted by molar-refractivity contribution is 7.91. The Morgan fingerprint density at radius 1 is 1.38 bits per heavy atom. The fourth-order valence-corrected chi connectivity index (χ4v) is 2.46. The summed E-state index contributed by atoms with van der Waals surface area (Å²) in [6.07, 6.45) is 0. The Labute approximate surface area is 93.4 Å². The molecule has 16 heavy (non-hydrogen) atoms. The van der Waals surface area contributed by atoms with E-state index in [4.69, 9.17) is 0 Å². The van der Waals surface area contributed by atoms with E-state index in [1.807, 2.05) is 6.92 Å². The van der Waals surface area contributed by atoms with Crippen molar-refractivity contribution in [3.63, 3.8) is 0 Å². The third-order valence-electron chi connectivity index (χ3n) is 1.86. The molecule has 0 aromatic heterocycles. The van der Waals surface area contributed by atoms with Gasteiger partial charge in [-0.05, 0) is 19.1 Å². The molecule has 0 aliphatic rings. The minimum atomic E-state index is -3.87. The quantitative estimate of drug-likeness (QED) is 0.619. The van der Waals surface area contributed by atoms with Crippen LogP contribution in [0.25, 0.3) is 0 Å². The van der Waals surface area contributed by atoms with Gasteiger partial charge in [0.15, 0.2) is 0 Å². The van der Waals surface area contributed by atoms with Gasteiger partial charge in [0, 0.05) is 11.5 Å². The number of anilines is 1. The molecule has 7 heteroatoms. The first-order chi connectivity index (χ1) is 7.47. The maximum Gasteiger partial charge on any atom is 0.306 e. The lowest BCUT2D eigenvalue weighted by molar-refractivity contribution is -0.458. The molecule has 0 fully saturated rings. The van der Waals surface area contributed by atoms with Crippen LogP contribution in [0, 0.1) is 10.1 Å². The average Bonchev–Trinajstić information content (AvgIpc) is 2.17. The molecule has 0 spiro atoms. The minimum Gasteiger partial charge on any atom is -0.384 e. The van der Waals surface area contributed by atoms with Crippen molar-refractivity contribution in [3.05, 3.63) is 34.4 Å². The lowest BCUT2D eigenvalue weighted by Crippen LogP contribution is -2.16. The van der Waals surface area contributed by atoms with E-state index in [1.54, 1.807) is 12.1 Å². The maximum atomic E-state index is 11.7. The summed E-state index contributed by atoms with van der Waals surface area (Å²) in [6, 6.07) is 6.14. The van der Waals surface area contributed by atoms with Gasteiger partial charge in [0.05, 0.1) is 10.6 Å². The summed E-state index contributed by atoms with van der Waals surface area (Å²) in [5.74, 6) is -1.09. The second kappa shape index (κ2) is 4.93. The largest absolute Gasteiger partial charge is 0.384 e. The van der Waals surface area contributed by atoms with E-state index in [0.717, 1.165) is 0 Å². The van der Waals surface area contributed by atoms with Gasteiger partial charge in [-0.2, -0.15) is 0 Å². The summed E-state index contributed by atoms with van der Waals surface area (Å²) < 4.78 is 23.3. The second-order valence-corrected chi connectivity index (χ2v) is 5.03. The molecule has 0 unspecified atom stereocenters. The van der Waals surface area contributed by atoms with E-state index in [1.165, 1.54) is 12.1 Å². The molecule has 0 bridgehead atoms. The van der Waals surface area contributed by atoms with E-state index < -0.39 is 20.6 Å². The maximum absolute atomic E-state index is 11.7.